The Hall–Kier alpha value is -1.53. The Kier molecular flexibility index (Phi) is 5.43. The smallest absolute Gasteiger partial charge is 0.240 e. The Morgan fingerprint density at radius 2 is 2.25 bits per heavy atom. The molecule has 0 saturated carbocycles. The zero-order valence-corrected chi connectivity index (χ0v) is 12.3. The Morgan fingerprint density at radius 1 is 1.45 bits per heavy atom. The third-order valence-electron chi connectivity index (χ3n) is 2.97. The fourth-order valence-electron chi connectivity index (χ4n) is 2.05. The number of imidazole rings is 1. The summed E-state index contributed by atoms with van der Waals surface area (Å²) < 4.78 is 1.96. The van der Waals surface area contributed by atoms with Gasteiger partial charge in [-0.2, -0.15) is 11.8 Å². The van der Waals surface area contributed by atoms with Crippen LogP contribution in [-0.2, 0) is 17.1 Å². The van der Waals surface area contributed by atoms with Crippen LogP contribution in [-0.4, -0.2) is 40.0 Å². The number of carbonyl (C=O) groups is 1. The average molecular weight is 293 g/mol. The van der Waals surface area contributed by atoms with Gasteiger partial charge in [-0.3, -0.25) is 4.79 Å². The molecule has 0 aliphatic rings. The van der Waals surface area contributed by atoms with E-state index < -0.39 is 0 Å². The van der Waals surface area contributed by atoms with E-state index in [4.69, 9.17) is 5.11 Å². The summed E-state index contributed by atoms with van der Waals surface area (Å²) >= 11 is 1.68. The van der Waals surface area contributed by atoms with Gasteiger partial charge in [0.2, 0.25) is 5.91 Å². The minimum atomic E-state index is -0.0519. The van der Waals surface area contributed by atoms with Crippen LogP contribution in [0.3, 0.4) is 0 Å². The van der Waals surface area contributed by atoms with E-state index in [0.29, 0.717) is 13.0 Å². The number of benzene rings is 1. The molecule has 2 N–H and O–H groups in total. The van der Waals surface area contributed by atoms with E-state index in [-0.39, 0.29) is 19.1 Å². The zero-order valence-electron chi connectivity index (χ0n) is 11.5. The number of nitrogens with zero attached hydrogens (tertiary/aromatic N) is 2. The fraction of sp³-hybridized carbons (Fsp3) is 0.429. The standard InChI is InChI=1S/C14H19N3O2S/c1-20-10-13-16-11-5-2-3-6-12(11)17(13)9-14(19)15-7-4-8-18/h2-3,5-6,18H,4,7-10H2,1H3,(H,15,19). The highest BCUT2D eigenvalue weighted by Crippen LogP contribution is 2.18. The number of amides is 1. The van der Waals surface area contributed by atoms with Crippen LogP contribution >= 0.6 is 11.8 Å². The Labute approximate surface area is 122 Å². The van der Waals surface area contributed by atoms with Gasteiger partial charge in [-0.25, -0.2) is 4.98 Å². The van der Waals surface area contributed by atoms with Gasteiger partial charge in [0.15, 0.2) is 0 Å². The number of hydrogen-bond acceptors (Lipinski definition) is 4. The topological polar surface area (TPSA) is 67.2 Å². The monoisotopic (exact) mass is 293 g/mol. The number of carbonyl (C=O) groups excluding carboxylic acids is 1. The summed E-state index contributed by atoms with van der Waals surface area (Å²) in [4.78, 5) is 16.5. The minimum Gasteiger partial charge on any atom is -0.396 e. The molecule has 1 heterocycles. The lowest BCUT2D eigenvalue weighted by molar-refractivity contribution is -0.121. The molecular weight excluding hydrogens is 274 g/mol. The molecule has 6 heteroatoms. The van der Waals surface area contributed by atoms with E-state index in [1.54, 1.807) is 11.8 Å². The normalized spacial score (nSPS) is 10.9. The Bertz CT molecular complexity index is 583. The van der Waals surface area contributed by atoms with E-state index in [0.717, 1.165) is 22.6 Å². The quantitative estimate of drug-likeness (QED) is 0.757. The van der Waals surface area contributed by atoms with Crippen LogP contribution in [0, 0.1) is 0 Å². The van der Waals surface area contributed by atoms with Crippen molar-refractivity contribution in [1.29, 1.82) is 0 Å². The third-order valence-corrected chi connectivity index (χ3v) is 3.51. The molecule has 0 fully saturated rings. The summed E-state index contributed by atoms with van der Waals surface area (Å²) in [6.07, 6.45) is 2.60. The number of rotatable bonds is 7. The molecular formula is C14H19N3O2S. The highest BCUT2D eigenvalue weighted by molar-refractivity contribution is 7.97. The molecule has 0 atom stereocenters. The number of thioether (sulfide) groups is 1. The second-order valence-electron chi connectivity index (χ2n) is 4.46. The summed E-state index contributed by atoms with van der Waals surface area (Å²) in [5.41, 5.74) is 1.90. The molecule has 1 amide bonds. The molecule has 1 aromatic heterocycles. The minimum absolute atomic E-state index is 0.0519. The van der Waals surface area contributed by atoms with Gasteiger partial charge in [0, 0.05) is 13.2 Å². The fourth-order valence-corrected chi connectivity index (χ4v) is 2.53. The summed E-state index contributed by atoms with van der Waals surface area (Å²) in [6, 6.07) is 7.84. The van der Waals surface area contributed by atoms with Crippen LogP contribution in [0.2, 0.25) is 0 Å². The lowest BCUT2D eigenvalue weighted by Crippen LogP contribution is -2.29. The van der Waals surface area contributed by atoms with Crippen molar-refractivity contribution in [2.75, 3.05) is 19.4 Å². The van der Waals surface area contributed by atoms with Crippen molar-refractivity contribution in [2.45, 2.75) is 18.7 Å². The van der Waals surface area contributed by atoms with E-state index >= 15 is 0 Å². The van der Waals surface area contributed by atoms with E-state index in [2.05, 4.69) is 10.3 Å². The van der Waals surface area contributed by atoms with Crippen LogP contribution < -0.4 is 5.32 Å². The number of aliphatic hydroxyl groups excluding tert-OH is 1. The van der Waals surface area contributed by atoms with Gasteiger partial charge >= 0.3 is 0 Å². The Morgan fingerprint density at radius 3 is 3.00 bits per heavy atom. The van der Waals surface area contributed by atoms with Crippen molar-refractivity contribution >= 4 is 28.7 Å². The average Bonchev–Trinajstić information content (AvgIpc) is 2.78. The number of fused-ring (bicyclic) bond motifs is 1. The van der Waals surface area contributed by atoms with Gasteiger partial charge in [0.25, 0.3) is 0 Å². The van der Waals surface area contributed by atoms with Crippen LogP contribution in [0.4, 0.5) is 0 Å². The maximum atomic E-state index is 11.9. The molecule has 20 heavy (non-hydrogen) atoms. The van der Waals surface area contributed by atoms with Crippen molar-refractivity contribution in [3.8, 4) is 0 Å². The largest absolute Gasteiger partial charge is 0.396 e. The van der Waals surface area contributed by atoms with Crippen LogP contribution in [0.25, 0.3) is 11.0 Å². The summed E-state index contributed by atoms with van der Waals surface area (Å²) in [7, 11) is 0. The van der Waals surface area contributed by atoms with Crippen molar-refractivity contribution in [3.63, 3.8) is 0 Å². The van der Waals surface area contributed by atoms with Crippen LogP contribution in [0.1, 0.15) is 12.2 Å². The third kappa shape index (κ3) is 3.52. The second-order valence-corrected chi connectivity index (χ2v) is 5.33. The number of nitrogens with one attached hydrogen (secondary N) is 1. The first-order chi connectivity index (χ1) is 9.76. The first-order valence-electron chi connectivity index (χ1n) is 6.57. The van der Waals surface area contributed by atoms with Gasteiger partial charge in [0.05, 0.1) is 16.8 Å². The maximum absolute atomic E-state index is 11.9. The molecule has 0 spiro atoms. The molecule has 2 rings (SSSR count). The zero-order chi connectivity index (χ0) is 14.4. The van der Waals surface area contributed by atoms with Crippen molar-refractivity contribution in [2.24, 2.45) is 0 Å². The van der Waals surface area contributed by atoms with Crippen molar-refractivity contribution in [1.82, 2.24) is 14.9 Å². The first-order valence-corrected chi connectivity index (χ1v) is 7.96. The van der Waals surface area contributed by atoms with Gasteiger partial charge in [-0.05, 0) is 24.8 Å². The molecule has 2 aromatic rings. The number of aromatic nitrogens is 2. The number of aliphatic hydroxyl groups is 1. The lowest BCUT2D eigenvalue weighted by Gasteiger charge is -2.09. The molecule has 0 radical (unpaired) electrons. The second kappa shape index (κ2) is 7.31. The van der Waals surface area contributed by atoms with Crippen molar-refractivity contribution in [3.05, 3.63) is 30.1 Å². The molecule has 5 nitrogen and oxygen atoms in total. The summed E-state index contributed by atoms with van der Waals surface area (Å²) in [6.45, 7) is 0.855. The van der Waals surface area contributed by atoms with E-state index in [9.17, 15) is 4.79 Å². The van der Waals surface area contributed by atoms with Gasteiger partial charge in [-0.15, -0.1) is 0 Å². The molecule has 0 unspecified atom stereocenters. The lowest BCUT2D eigenvalue weighted by atomic mass is 10.3. The Balaban J connectivity index is 2.18. The summed E-state index contributed by atoms with van der Waals surface area (Å²) in [5.74, 6) is 1.64. The maximum Gasteiger partial charge on any atom is 0.240 e. The van der Waals surface area contributed by atoms with Crippen LogP contribution in [0.15, 0.2) is 24.3 Å². The predicted octanol–water partition coefficient (Wildman–Crippen LogP) is 1.40. The van der Waals surface area contributed by atoms with E-state index in [1.807, 2.05) is 35.1 Å². The SMILES string of the molecule is CSCc1nc2ccccc2n1CC(=O)NCCCO. The number of hydrogen-bond donors (Lipinski definition) is 2. The van der Waals surface area contributed by atoms with Gasteiger partial charge < -0.3 is 15.0 Å². The highest BCUT2D eigenvalue weighted by Gasteiger charge is 2.12. The van der Waals surface area contributed by atoms with Gasteiger partial charge in [0.1, 0.15) is 12.4 Å². The molecule has 0 saturated heterocycles. The predicted molar refractivity (Wildman–Crippen MR) is 81.7 cm³/mol. The van der Waals surface area contributed by atoms with Crippen molar-refractivity contribution < 1.29 is 9.90 Å². The molecule has 0 aliphatic carbocycles. The molecule has 108 valence electrons. The highest BCUT2D eigenvalue weighted by atomic mass is 32.2. The first kappa shape index (κ1) is 14.9. The molecule has 0 aliphatic heterocycles. The summed E-state index contributed by atoms with van der Waals surface area (Å²) in [5, 5.41) is 11.5. The molecule has 1 aromatic carbocycles. The van der Waals surface area contributed by atoms with Gasteiger partial charge in [-0.1, -0.05) is 12.1 Å². The molecule has 0 bridgehead atoms. The number of para-hydroxylation sites is 2. The van der Waals surface area contributed by atoms with Crippen LogP contribution in [0.5, 0.6) is 0 Å². The van der Waals surface area contributed by atoms with E-state index in [1.165, 1.54) is 0 Å².